The Morgan fingerprint density at radius 2 is 1.78 bits per heavy atom. The molecule has 0 heterocycles. The van der Waals surface area contributed by atoms with E-state index < -0.39 is 6.04 Å². The fourth-order valence-electron chi connectivity index (χ4n) is 3.88. The summed E-state index contributed by atoms with van der Waals surface area (Å²) in [5, 5.41) is 3.71. The minimum absolute atomic E-state index is 0.142. The van der Waals surface area contributed by atoms with Crippen LogP contribution >= 0.6 is 11.6 Å². The van der Waals surface area contributed by atoms with Gasteiger partial charge in [-0.2, -0.15) is 0 Å². The van der Waals surface area contributed by atoms with Crippen LogP contribution in [0.5, 0.6) is 11.5 Å². The average Bonchev–Trinajstić information content (AvgIpc) is 2.81. The minimum atomic E-state index is -0.636. The first kappa shape index (κ1) is 23.9. The van der Waals surface area contributed by atoms with Crippen molar-refractivity contribution in [2.45, 2.75) is 57.7 Å². The first-order valence-electron chi connectivity index (χ1n) is 11.1. The Kier molecular flexibility index (Phi) is 8.80. The summed E-state index contributed by atoms with van der Waals surface area (Å²) in [4.78, 5) is 27.7. The van der Waals surface area contributed by atoms with E-state index in [1.807, 2.05) is 12.1 Å². The Balaban J connectivity index is 1.69. The molecule has 0 bridgehead atoms. The molecule has 3 rings (SSSR count). The molecule has 0 aromatic heterocycles. The number of nitrogens with zero attached hydrogens (tertiary/aromatic N) is 1. The van der Waals surface area contributed by atoms with Crippen molar-refractivity contribution in [1.29, 1.82) is 0 Å². The van der Waals surface area contributed by atoms with Crippen LogP contribution < -0.4 is 14.8 Å². The predicted molar refractivity (Wildman–Crippen MR) is 125 cm³/mol. The molecule has 1 aliphatic rings. The number of nitrogens with one attached hydrogen (secondary N) is 1. The number of amides is 2. The maximum atomic E-state index is 13.1. The van der Waals surface area contributed by atoms with Gasteiger partial charge in [-0.25, -0.2) is 0 Å². The van der Waals surface area contributed by atoms with Crippen molar-refractivity contribution in [3.63, 3.8) is 0 Å². The van der Waals surface area contributed by atoms with Crippen LogP contribution in [0.4, 0.5) is 0 Å². The van der Waals surface area contributed by atoms with E-state index in [1.54, 1.807) is 55.3 Å². The van der Waals surface area contributed by atoms with Crippen LogP contribution in [0, 0.1) is 0 Å². The van der Waals surface area contributed by atoms with E-state index in [0.29, 0.717) is 16.5 Å². The molecule has 7 heteroatoms. The fourth-order valence-corrected chi connectivity index (χ4v) is 4.10. The topological polar surface area (TPSA) is 67.9 Å². The van der Waals surface area contributed by atoms with Gasteiger partial charge in [-0.1, -0.05) is 43.0 Å². The number of rotatable bonds is 9. The number of carbonyl (C=O) groups excluding carboxylic acids is 2. The summed E-state index contributed by atoms with van der Waals surface area (Å²) >= 11 is 6.13. The highest BCUT2D eigenvalue weighted by Crippen LogP contribution is 2.20. The summed E-state index contributed by atoms with van der Waals surface area (Å²) in [6.45, 7) is 1.85. The summed E-state index contributed by atoms with van der Waals surface area (Å²) in [7, 11) is 1.59. The minimum Gasteiger partial charge on any atom is -0.497 e. The molecular formula is C25H31ClN2O4. The van der Waals surface area contributed by atoms with Gasteiger partial charge >= 0.3 is 0 Å². The number of methoxy groups -OCH3 is 1. The summed E-state index contributed by atoms with van der Waals surface area (Å²) in [6, 6.07) is 13.9. The third-order valence-corrected chi connectivity index (χ3v) is 6.02. The summed E-state index contributed by atoms with van der Waals surface area (Å²) in [5.41, 5.74) is 0.854. The molecule has 0 aliphatic heterocycles. The van der Waals surface area contributed by atoms with Crippen LogP contribution in [0.15, 0.2) is 48.5 Å². The second-order valence-electron chi connectivity index (χ2n) is 8.14. The normalized spacial score (nSPS) is 15.0. The zero-order valence-corrected chi connectivity index (χ0v) is 19.4. The van der Waals surface area contributed by atoms with E-state index in [0.717, 1.165) is 31.2 Å². The van der Waals surface area contributed by atoms with Crippen molar-refractivity contribution >= 4 is 23.4 Å². The first-order valence-corrected chi connectivity index (χ1v) is 11.4. The molecule has 2 aromatic carbocycles. The van der Waals surface area contributed by atoms with Gasteiger partial charge < -0.3 is 19.7 Å². The standard InChI is InChI=1S/C25H31ClN2O4/c1-18(25(30)27-21-9-4-3-5-10-21)28(16-19-7-6-8-20(26)15-19)24(29)17-32-23-13-11-22(31-2)12-14-23/h6-8,11-15,18,21H,3-5,9-10,16-17H2,1-2H3,(H,27,30)/t18-/m0/s1. The van der Waals surface area contributed by atoms with E-state index in [9.17, 15) is 9.59 Å². The third kappa shape index (κ3) is 6.89. The fraction of sp³-hybridized carbons (Fsp3) is 0.440. The molecule has 2 aromatic rings. The molecule has 1 saturated carbocycles. The van der Waals surface area contributed by atoms with E-state index in [-0.39, 0.29) is 31.0 Å². The lowest BCUT2D eigenvalue weighted by Gasteiger charge is -2.31. The number of benzene rings is 2. The lowest BCUT2D eigenvalue weighted by Crippen LogP contribution is -2.51. The molecule has 1 aliphatic carbocycles. The number of halogens is 1. The smallest absolute Gasteiger partial charge is 0.261 e. The molecule has 1 atom stereocenters. The maximum absolute atomic E-state index is 13.1. The van der Waals surface area contributed by atoms with Gasteiger partial charge in [0.25, 0.3) is 5.91 Å². The summed E-state index contributed by atoms with van der Waals surface area (Å²) in [5.74, 6) is 0.851. The highest BCUT2D eigenvalue weighted by molar-refractivity contribution is 6.30. The van der Waals surface area contributed by atoms with Gasteiger partial charge in [0.15, 0.2) is 6.61 Å². The Morgan fingerprint density at radius 3 is 2.44 bits per heavy atom. The van der Waals surface area contributed by atoms with Gasteiger partial charge in [-0.3, -0.25) is 9.59 Å². The Labute approximate surface area is 194 Å². The van der Waals surface area contributed by atoms with Crippen molar-refractivity contribution in [3.05, 3.63) is 59.1 Å². The molecule has 0 radical (unpaired) electrons. The number of hydrogen-bond acceptors (Lipinski definition) is 4. The molecule has 32 heavy (non-hydrogen) atoms. The van der Waals surface area contributed by atoms with Gasteiger partial charge in [0.2, 0.25) is 5.91 Å². The molecule has 0 spiro atoms. The number of ether oxygens (including phenoxy) is 2. The summed E-state index contributed by atoms with van der Waals surface area (Å²) < 4.78 is 10.8. The largest absolute Gasteiger partial charge is 0.497 e. The van der Waals surface area contributed by atoms with E-state index >= 15 is 0 Å². The lowest BCUT2D eigenvalue weighted by atomic mass is 9.95. The third-order valence-electron chi connectivity index (χ3n) is 5.78. The van der Waals surface area contributed by atoms with Gasteiger partial charge in [-0.15, -0.1) is 0 Å². The average molecular weight is 459 g/mol. The van der Waals surface area contributed by atoms with E-state index in [1.165, 1.54) is 6.42 Å². The van der Waals surface area contributed by atoms with Crippen LogP contribution in [0.2, 0.25) is 5.02 Å². The Morgan fingerprint density at radius 1 is 1.09 bits per heavy atom. The van der Waals surface area contributed by atoms with Crippen LogP contribution in [-0.2, 0) is 16.1 Å². The zero-order valence-electron chi connectivity index (χ0n) is 18.7. The number of carbonyl (C=O) groups is 2. The predicted octanol–water partition coefficient (Wildman–Crippen LogP) is 4.59. The molecule has 172 valence electrons. The van der Waals surface area contributed by atoms with Gasteiger partial charge in [0.05, 0.1) is 7.11 Å². The second-order valence-corrected chi connectivity index (χ2v) is 8.57. The number of hydrogen-bond donors (Lipinski definition) is 1. The summed E-state index contributed by atoms with van der Waals surface area (Å²) in [6.07, 6.45) is 5.44. The van der Waals surface area contributed by atoms with Crippen LogP contribution in [0.3, 0.4) is 0 Å². The van der Waals surface area contributed by atoms with Gasteiger partial charge in [0.1, 0.15) is 17.5 Å². The van der Waals surface area contributed by atoms with E-state index in [2.05, 4.69) is 5.32 Å². The van der Waals surface area contributed by atoms with Crippen LogP contribution in [0.25, 0.3) is 0 Å². The Hall–Kier alpha value is -2.73. The van der Waals surface area contributed by atoms with Crippen molar-refractivity contribution in [2.24, 2.45) is 0 Å². The van der Waals surface area contributed by atoms with Crippen molar-refractivity contribution < 1.29 is 19.1 Å². The highest BCUT2D eigenvalue weighted by atomic mass is 35.5. The zero-order chi connectivity index (χ0) is 22.9. The second kappa shape index (κ2) is 11.8. The maximum Gasteiger partial charge on any atom is 0.261 e. The van der Waals surface area contributed by atoms with Gasteiger partial charge in [0, 0.05) is 17.6 Å². The molecule has 6 nitrogen and oxygen atoms in total. The first-order chi connectivity index (χ1) is 15.5. The SMILES string of the molecule is COc1ccc(OCC(=O)N(Cc2cccc(Cl)c2)[C@@H](C)C(=O)NC2CCCCC2)cc1. The molecule has 0 unspecified atom stereocenters. The van der Waals surface area contributed by atoms with Gasteiger partial charge in [-0.05, 0) is 61.7 Å². The Bertz CT molecular complexity index is 897. The molecule has 0 saturated heterocycles. The molecule has 1 fully saturated rings. The monoisotopic (exact) mass is 458 g/mol. The highest BCUT2D eigenvalue weighted by Gasteiger charge is 2.28. The van der Waals surface area contributed by atoms with Crippen LogP contribution in [-0.4, -0.2) is 42.5 Å². The quantitative estimate of drug-likeness (QED) is 0.596. The van der Waals surface area contributed by atoms with Crippen molar-refractivity contribution in [2.75, 3.05) is 13.7 Å². The molecular weight excluding hydrogens is 428 g/mol. The van der Waals surface area contributed by atoms with Crippen molar-refractivity contribution in [1.82, 2.24) is 10.2 Å². The molecule has 1 N–H and O–H groups in total. The van der Waals surface area contributed by atoms with E-state index in [4.69, 9.17) is 21.1 Å². The van der Waals surface area contributed by atoms with Crippen molar-refractivity contribution in [3.8, 4) is 11.5 Å². The lowest BCUT2D eigenvalue weighted by molar-refractivity contribution is -0.142. The molecule has 2 amide bonds. The van der Waals surface area contributed by atoms with Crippen LogP contribution in [0.1, 0.15) is 44.6 Å².